The molecule has 1 aromatic rings. The highest BCUT2D eigenvalue weighted by molar-refractivity contribution is 6.20. The molecule has 0 saturated carbocycles. The van der Waals surface area contributed by atoms with Gasteiger partial charge in [0, 0.05) is 5.38 Å². The normalized spacial score (nSPS) is 12.1. The molecule has 0 spiro atoms. The Bertz CT molecular complexity index is 335. The summed E-state index contributed by atoms with van der Waals surface area (Å²) in [7, 11) is 0. The number of nitrogens with two attached hydrogens (primary N) is 1. The summed E-state index contributed by atoms with van der Waals surface area (Å²) in [5.74, 6) is 0.182. The van der Waals surface area contributed by atoms with Gasteiger partial charge in [0.25, 0.3) is 5.91 Å². The van der Waals surface area contributed by atoms with Gasteiger partial charge in [0.2, 0.25) is 0 Å². The van der Waals surface area contributed by atoms with Crippen molar-refractivity contribution in [2.24, 2.45) is 5.73 Å². The van der Waals surface area contributed by atoms with Gasteiger partial charge in [0.1, 0.15) is 5.75 Å². The van der Waals surface area contributed by atoms with Crippen LogP contribution in [0, 0.1) is 0 Å². The number of benzene rings is 1. The molecule has 4 heteroatoms. The number of ether oxygens (including phenoxy) is 1. The third-order valence-electron chi connectivity index (χ3n) is 2.14. The van der Waals surface area contributed by atoms with Crippen molar-refractivity contribution in [1.29, 1.82) is 0 Å². The molecule has 0 aliphatic rings. The molecule has 0 saturated heterocycles. The van der Waals surface area contributed by atoms with Gasteiger partial charge in [-0.2, -0.15) is 0 Å². The average molecular weight is 242 g/mol. The summed E-state index contributed by atoms with van der Waals surface area (Å²) in [6, 6.07) is 7.60. The quantitative estimate of drug-likeness (QED) is 0.776. The molecular formula is C12H16ClNO2. The largest absolute Gasteiger partial charge is 0.484 e. The van der Waals surface area contributed by atoms with E-state index < -0.39 is 5.91 Å². The summed E-state index contributed by atoms with van der Waals surface area (Å²) in [6.45, 7) is 1.89. The zero-order valence-electron chi connectivity index (χ0n) is 9.28. The fraction of sp³-hybridized carbons (Fsp3) is 0.417. The van der Waals surface area contributed by atoms with Crippen LogP contribution >= 0.6 is 11.6 Å². The maximum atomic E-state index is 10.5. The minimum absolute atomic E-state index is 0.0853. The van der Waals surface area contributed by atoms with Crippen LogP contribution in [0.4, 0.5) is 0 Å². The number of aryl methyl sites for hydroxylation is 1. The second-order valence-electron chi connectivity index (χ2n) is 3.72. The lowest BCUT2D eigenvalue weighted by Crippen LogP contribution is -2.19. The highest BCUT2D eigenvalue weighted by Crippen LogP contribution is 2.14. The first-order valence-electron chi connectivity index (χ1n) is 5.22. The summed E-state index contributed by atoms with van der Waals surface area (Å²) in [6.07, 6.45) is 1.89. The van der Waals surface area contributed by atoms with Crippen LogP contribution < -0.4 is 10.5 Å². The fourth-order valence-corrected chi connectivity index (χ4v) is 1.38. The number of carbonyl (C=O) groups is 1. The lowest BCUT2D eigenvalue weighted by Gasteiger charge is -2.06. The topological polar surface area (TPSA) is 52.3 Å². The molecule has 0 aliphatic heterocycles. The smallest absolute Gasteiger partial charge is 0.255 e. The predicted octanol–water partition coefficient (Wildman–Crippen LogP) is 2.11. The maximum Gasteiger partial charge on any atom is 0.255 e. The van der Waals surface area contributed by atoms with Gasteiger partial charge in [0.05, 0.1) is 0 Å². The Morgan fingerprint density at radius 1 is 1.44 bits per heavy atom. The van der Waals surface area contributed by atoms with Gasteiger partial charge in [-0.05, 0) is 37.5 Å². The predicted molar refractivity (Wildman–Crippen MR) is 64.8 cm³/mol. The molecule has 1 aromatic carbocycles. The van der Waals surface area contributed by atoms with Crippen LogP contribution in [0.3, 0.4) is 0 Å². The highest BCUT2D eigenvalue weighted by Gasteiger charge is 2.00. The van der Waals surface area contributed by atoms with Crippen molar-refractivity contribution in [2.45, 2.75) is 25.1 Å². The van der Waals surface area contributed by atoms with Crippen molar-refractivity contribution in [3.8, 4) is 5.75 Å². The van der Waals surface area contributed by atoms with E-state index in [1.54, 1.807) is 0 Å². The van der Waals surface area contributed by atoms with Crippen molar-refractivity contribution in [3.63, 3.8) is 0 Å². The van der Waals surface area contributed by atoms with Crippen molar-refractivity contribution < 1.29 is 9.53 Å². The summed E-state index contributed by atoms with van der Waals surface area (Å²) >= 11 is 5.87. The van der Waals surface area contributed by atoms with Gasteiger partial charge in [-0.25, -0.2) is 0 Å². The fourth-order valence-electron chi connectivity index (χ4n) is 1.27. The molecular weight excluding hydrogens is 226 g/mol. The molecule has 1 rings (SSSR count). The van der Waals surface area contributed by atoms with E-state index in [1.165, 1.54) is 5.56 Å². The molecule has 1 amide bonds. The maximum absolute atomic E-state index is 10.5. The highest BCUT2D eigenvalue weighted by atomic mass is 35.5. The molecule has 88 valence electrons. The number of alkyl halides is 1. The number of amides is 1. The second-order valence-corrected chi connectivity index (χ2v) is 4.46. The molecule has 1 atom stereocenters. The Morgan fingerprint density at radius 3 is 2.56 bits per heavy atom. The van der Waals surface area contributed by atoms with Crippen molar-refractivity contribution in [2.75, 3.05) is 6.61 Å². The molecule has 0 heterocycles. The molecule has 0 radical (unpaired) electrons. The van der Waals surface area contributed by atoms with Gasteiger partial charge >= 0.3 is 0 Å². The van der Waals surface area contributed by atoms with E-state index in [9.17, 15) is 4.79 Å². The van der Waals surface area contributed by atoms with E-state index in [-0.39, 0.29) is 12.0 Å². The Hall–Kier alpha value is -1.22. The van der Waals surface area contributed by atoms with E-state index in [2.05, 4.69) is 0 Å². The first-order chi connectivity index (χ1) is 7.58. The van der Waals surface area contributed by atoms with Crippen molar-refractivity contribution in [3.05, 3.63) is 29.8 Å². The third-order valence-corrected chi connectivity index (χ3v) is 2.35. The van der Waals surface area contributed by atoms with Crippen LogP contribution in [0.1, 0.15) is 18.9 Å². The number of carbonyl (C=O) groups excluding carboxylic acids is 1. The number of halogens is 1. The van der Waals surface area contributed by atoms with Gasteiger partial charge < -0.3 is 10.5 Å². The molecule has 2 N–H and O–H groups in total. The summed E-state index contributed by atoms with van der Waals surface area (Å²) in [5.41, 5.74) is 6.18. The first kappa shape index (κ1) is 12.8. The molecule has 0 aromatic heterocycles. The standard InChI is InChI=1S/C12H16ClNO2/c1-9(13)2-3-10-4-6-11(7-5-10)16-8-12(14)15/h4-7,9H,2-3,8H2,1H3,(H2,14,15). The molecule has 16 heavy (non-hydrogen) atoms. The molecule has 0 fully saturated rings. The molecule has 3 nitrogen and oxygen atoms in total. The van der Waals surface area contributed by atoms with Crippen LogP contribution in [0.2, 0.25) is 0 Å². The van der Waals surface area contributed by atoms with Crippen LogP contribution in [-0.4, -0.2) is 17.9 Å². The van der Waals surface area contributed by atoms with Gasteiger partial charge in [0.15, 0.2) is 6.61 Å². The number of hydrogen-bond donors (Lipinski definition) is 1. The summed E-state index contributed by atoms with van der Waals surface area (Å²) in [5, 5.41) is 0.186. The van der Waals surface area contributed by atoms with Crippen molar-refractivity contribution >= 4 is 17.5 Å². The van der Waals surface area contributed by atoms with E-state index in [1.807, 2.05) is 31.2 Å². The van der Waals surface area contributed by atoms with Gasteiger partial charge in [-0.15, -0.1) is 11.6 Å². The van der Waals surface area contributed by atoms with Crippen molar-refractivity contribution in [1.82, 2.24) is 0 Å². The van der Waals surface area contributed by atoms with E-state index in [0.29, 0.717) is 5.75 Å². The average Bonchev–Trinajstić information content (AvgIpc) is 2.25. The minimum atomic E-state index is -0.472. The second kappa shape index (κ2) is 6.38. The summed E-state index contributed by atoms with van der Waals surface area (Å²) in [4.78, 5) is 10.5. The van der Waals surface area contributed by atoms with Crippen LogP contribution in [-0.2, 0) is 11.2 Å². The van der Waals surface area contributed by atoms with E-state index in [4.69, 9.17) is 22.1 Å². The van der Waals surface area contributed by atoms with Gasteiger partial charge in [-0.3, -0.25) is 4.79 Å². The molecule has 1 unspecified atom stereocenters. The molecule has 0 aliphatic carbocycles. The minimum Gasteiger partial charge on any atom is -0.484 e. The van der Waals surface area contributed by atoms with Gasteiger partial charge in [-0.1, -0.05) is 12.1 Å². The van der Waals surface area contributed by atoms with Crippen LogP contribution in [0.5, 0.6) is 5.75 Å². The zero-order chi connectivity index (χ0) is 12.0. The third kappa shape index (κ3) is 5.03. The van der Waals surface area contributed by atoms with Crippen LogP contribution in [0.25, 0.3) is 0 Å². The Balaban J connectivity index is 2.44. The number of hydrogen-bond acceptors (Lipinski definition) is 2. The Morgan fingerprint density at radius 2 is 2.06 bits per heavy atom. The number of rotatable bonds is 6. The monoisotopic (exact) mass is 241 g/mol. The first-order valence-corrected chi connectivity index (χ1v) is 5.65. The SMILES string of the molecule is CC(Cl)CCc1ccc(OCC(N)=O)cc1. The number of primary amides is 1. The summed E-state index contributed by atoms with van der Waals surface area (Å²) < 4.78 is 5.15. The van der Waals surface area contributed by atoms with Crippen LogP contribution in [0.15, 0.2) is 24.3 Å². The van der Waals surface area contributed by atoms with E-state index in [0.717, 1.165) is 12.8 Å². The Labute approximate surface area is 101 Å². The lowest BCUT2D eigenvalue weighted by molar-refractivity contribution is -0.119. The lowest BCUT2D eigenvalue weighted by atomic mass is 10.1. The van der Waals surface area contributed by atoms with E-state index >= 15 is 0 Å². The zero-order valence-corrected chi connectivity index (χ0v) is 10.0. The molecule has 0 bridgehead atoms. The Kier molecular flexibility index (Phi) is 5.12.